The number of hydrogen-bond acceptors (Lipinski definition) is 7. The van der Waals surface area contributed by atoms with E-state index in [2.05, 4.69) is 37.6 Å². The smallest absolute Gasteiger partial charge is 0.325 e. The molecule has 0 heterocycles. The molecule has 0 aromatic heterocycles. The average Bonchev–Trinajstić information content (AvgIpc) is 2.77. The Morgan fingerprint density at radius 2 is 0.639 bits per heavy atom. The van der Waals surface area contributed by atoms with E-state index in [1.807, 2.05) is 0 Å². The second-order valence-corrected chi connectivity index (χ2v) is 8.62. The van der Waals surface area contributed by atoms with Gasteiger partial charge in [-0.25, -0.2) is 0 Å². The van der Waals surface area contributed by atoms with Gasteiger partial charge in [0.05, 0.1) is 0 Å². The molecule has 204 valence electrons. The first-order chi connectivity index (χ1) is 16.5. The molecular weight excluding hydrogens is 478 g/mol. The quantitative estimate of drug-likeness (QED) is 0.119. The number of amides is 6. The molecule has 0 spiro atoms. The lowest BCUT2D eigenvalue weighted by Gasteiger charge is -2.22. The Morgan fingerprint density at radius 1 is 0.444 bits per heavy atom. The van der Waals surface area contributed by atoms with Gasteiger partial charge in [-0.2, -0.15) is 0 Å². The molecular formula is C21H38N7O8+. The van der Waals surface area contributed by atoms with Gasteiger partial charge < -0.3 is 42.7 Å². The van der Waals surface area contributed by atoms with Crippen molar-refractivity contribution in [2.24, 2.45) is 0 Å². The van der Waals surface area contributed by atoms with Gasteiger partial charge in [0.2, 0.25) is 29.5 Å². The fraction of sp³-hybridized carbons (Fsp3) is 0.667. The van der Waals surface area contributed by atoms with Crippen LogP contribution >= 0.6 is 0 Å². The van der Waals surface area contributed by atoms with E-state index < -0.39 is 83.7 Å². The van der Waals surface area contributed by atoms with Crippen LogP contribution in [0.2, 0.25) is 0 Å². The molecule has 10 N–H and O–H groups in total. The van der Waals surface area contributed by atoms with Crippen molar-refractivity contribution in [3.05, 3.63) is 0 Å². The highest BCUT2D eigenvalue weighted by Gasteiger charge is 2.27. The van der Waals surface area contributed by atoms with Gasteiger partial charge in [0.25, 0.3) is 5.91 Å². The molecule has 0 aliphatic heterocycles. The van der Waals surface area contributed by atoms with E-state index in [0.29, 0.717) is 0 Å². The van der Waals surface area contributed by atoms with Gasteiger partial charge in [0.15, 0.2) is 6.04 Å². The van der Waals surface area contributed by atoms with Crippen molar-refractivity contribution in [1.82, 2.24) is 31.9 Å². The van der Waals surface area contributed by atoms with E-state index >= 15 is 0 Å². The number of carbonyl (C=O) groups excluding carboxylic acids is 6. The average molecular weight is 517 g/mol. The molecule has 0 aliphatic rings. The van der Waals surface area contributed by atoms with E-state index in [9.17, 15) is 33.6 Å². The summed E-state index contributed by atoms with van der Waals surface area (Å²) in [6.45, 7) is 9.74. The molecule has 0 bridgehead atoms. The number of carboxylic acids is 1. The number of hydrogen-bond donors (Lipinski definition) is 8. The zero-order valence-corrected chi connectivity index (χ0v) is 21.6. The van der Waals surface area contributed by atoms with Crippen molar-refractivity contribution < 1.29 is 44.4 Å². The van der Waals surface area contributed by atoms with Gasteiger partial charge in [-0.1, -0.05) is 0 Å². The van der Waals surface area contributed by atoms with Crippen LogP contribution in [0, 0.1) is 0 Å². The number of carboxylic acid groups (broad SMARTS) is 1. The van der Waals surface area contributed by atoms with Gasteiger partial charge in [-0.05, 0) is 48.5 Å². The molecule has 0 fully saturated rings. The summed E-state index contributed by atoms with van der Waals surface area (Å²) in [6, 6.07) is -6.87. The third-order valence-corrected chi connectivity index (χ3v) is 4.94. The normalized spacial score (nSPS) is 16.4. The van der Waals surface area contributed by atoms with E-state index in [1.54, 1.807) is 6.92 Å². The molecule has 6 amide bonds. The zero-order chi connectivity index (χ0) is 28.3. The van der Waals surface area contributed by atoms with Crippen molar-refractivity contribution in [1.29, 1.82) is 0 Å². The summed E-state index contributed by atoms with van der Waals surface area (Å²) < 4.78 is 0. The van der Waals surface area contributed by atoms with Crippen molar-refractivity contribution in [2.75, 3.05) is 0 Å². The third kappa shape index (κ3) is 11.1. The van der Waals surface area contributed by atoms with E-state index in [4.69, 9.17) is 5.11 Å². The largest absolute Gasteiger partial charge is 0.480 e. The van der Waals surface area contributed by atoms with Gasteiger partial charge in [-0.3, -0.25) is 33.6 Å². The summed E-state index contributed by atoms with van der Waals surface area (Å²) in [6.07, 6.45) is 0. The van der Waals surface area contributed by atoms with Crippen LogP contribution in [0.4, 0.5) is 0 Å². The van der Waals surface area contributed by atoms with Crippen LogP contribution in [0.5, 0.6) is 0 Å². The van der Waals surface area contributed by atoms with Crippen molar-refractivity contribution in [3.63, 3.8) is 0 Å². The minimum Gasteiger partial charge on any atom is -0.480 e. The van der Waals surface area contributed by atoms with Crippen LogP contribution in [-0.2, 0) is 33.6 Å². The monoisotopic (exact) mass is 516 g/mol. The maximum atomic E-state index is 12.4. The van der Waals surface area contributed by atoms with Crippen LogP contribution < -0.4 is 37.6 Å². The Morgan fingerprint density at radius 3 is 0.833 bits per heavy atom. The second-order valence-electron chi connectivity index (χ2n) is 8.62. The van der Waals surface area contributed by atoms with Crippen molar-refractivity contribution in [2.45, 2.75) is 90.8 Å². The van der Waals surface area contributed by atoms with E-state index in [1.165, 1.54) is 41.5 Å². The summed E-state index contributed by atoms with van der Waals surface area (Å²) in [5, 5.41) is 23.1. The lowest BCUT2D eigenvalue weighted by Crippen LogP contribution is -2.67. The molecule has 7 atom stereocenters. The maximum absolute atomic E-state index is 12.4. The van der Waals surface area contributed by atoms with Gasteiger partial charge in [0.1, 0.15) is 36.3 Å². The fourth-order valence-corrected chi connectivity index (χ4v) is 2.44. The second kappa shape index (κ2) is 14.6. The predicted octanol–water partition coefficient (Wildman–Crippen LogP) is -4.27. The van der Waals surface area contributed by atoms with E-state index in [-0.39, 0.29) is 0 Å². The Hall–Kier alpha value is -3.75. The minimum atomic E-state index is -1.24. The predicted molar refractivity (Wildman–Crippen MR) is 126 cm³/mol. The topological polar surface area (TPSA) is 240 Å². The molecule has 36 heavy (non-hydrogen) atoms. The summed E-state index contributed by atoms with van der Waals surface area (Å²) >= 11 is 0. The molecule has 0 unspecified atom stereocenters. The van der Waals surface area contributed by atoms with Gasteiger partial charge in [0, 0.05) is 0 Å². The number of rotatable bonds is 13. The summed E-state index contributed by atoms with van der Waals surface area (Å²) in [4.78, 5) is 83.6. The van der Waals surface area contributed by atoms with Crippen LogP contribution in [0.25, 0.3) is 0 Å². The van der Waals surface area contributed by atoms with Crippen LogP contribution in [0.15, 0.2) is 0 Å². The standard InChI is InChI=1S/C21H37N7O8/c1-8(22)15(29)23-9(2)16(30)24-10(3)17(31)25-11(4)18(32)26-12(5)19(33)27-13(6)20(34)28-14(7)21(35)36/h8-14H,22H2,1-7H3,(H,23,29)(H,24,30)(H,25,31)(H,26,32)(H,27,33)(H,28,34)(H,35,36)/p+1/t8-,9-,10-,11-,12-,13-,14-/m0/s1. The highest BCUT2D eigenvalue weighted by Crippen LogP contribution is 1.94. The SMILES string of the molecule is C[C@H]([NH3+])C(=O)N[C@@H](C)C(=O)N[C@@H](C)C(=O)N[C@@H](C)C(=O)N[C@@H](C)C(=O)N[C@@H](C)C(=O)N[C@@H](C)C(=O)O. The molecule has 0 saturated carbocycles. The molecule has 15 nitrogen and oxygen atoms in total. The van der Waals surface area contributed by atoms with Crippen LogP contribution in [-0.4, -0.2) is 88.8 Å². The van der Waals surface area contributed by atoms with E-state index in [0.717, 1.165) is 0 Å². The number of nitrogens with one attached hydrogen (secondary N) is 6. The van der Waals surface area contributed by atoms with Crippen LogP contribution in [0.3, 0.4) is 0 Å². The first kappa shape index (κ1) is 32.2. The summed E-state index contributed by atoms with van der Waals surface area (Å²) in [5.41, 5.74) is 3.55. The zero-order valence-electron chi connectivity index (χ0n) is 21.6. The molecule has 0 rings (SSSR count). The van der Waals surface area contributed by atoms with Crippen LogP contribution in [0.1, 0.15) is 48.5 Å². The Kier molecular flexibility index (Phi) is 13.1. The lowest BCUT2D eigenvalue weighted by atomic mass is 10.2. The minimum absolute atomic E-state index is 0.428. The van der Waals surface area contributed by atoms with Gasteiger partial charge >= 0.3 is 5.97 Å². The molecule has 0 aliphatic carbocycles. The highest BCUT2D eigenvalue weighted by atomic mass is 16.4. The Bertz CT molecular complexity index is 863. The number of carbonyl (C=O) groups is 7. The molecule has 0 radical (unpaired) electrons. The highest BCUT2D eigenvalue weighted by molar-refractivity contribution is 5.96. The lowest BCUT2D eigenvalue weighted by molar-refractivity contribution is -0.398. The summed E-state index contributed by atoms with van der Waals surface area (Å²) in [7, 11) is 0. The first-order valence-corrected chi connectivity index (χ1v) is 11.4. The third-order valence-electron chi connectivity index (χ3n) is 4.94. The Balaban J connectivity index is 4.71. The molecule has 0 aromatic carbocycles. The maximum Gasteiger partial charge on any atom is 0.325 e. The number of quaternary nitrogens is 1. The molecule has 0 aromatic rings. The Labute approximate surface area is 209 Å². The van der Waals surface area contributed by atoms with Gasteiger partial charge in [-0.15, -0.1) is 0 Å². The molecule has 0 saturated heterocycles. The van der Waals surface area contributed by atoms with Crippen molar-refractivity contribution in [3.8, 4) is 0 Å². The van der Waals surface area contributed by atoms with Crippen molar-refractivity contribution >= 4 is 41.4 Å². The first-order valence-electron chi connectivity index (χ1n) is 11.4. The summed E-state index contributed by atoms with van der Waals surface area (Å²) in [5.74, 6) is -5.08. The molecule has 15 heteroatoms. The fourth-order valence-electron chi connectivity index (χ4n) is 2.44. The number of aliphatic carboxylic acids is 1.